The van der Waals surface area contributed by atoms with Crippen LogP contribution in [0.2, 0.25) is 0 Å². The maximum atomic E-state index is 12.4. The number of halogens is 1. The van der Waals surface area contributed by atoms with Gasteiger partial charge >= 0.3 is 0 Å². The van der Waals surface area contributed by atoms with E-state index in [-0.39, 0.29) is 5.91 Å². The standard InChI is InChI=1S/C24H20INO2/c1-15-10-18(11-16(2)23(15)28-14-17-6-4-3-5-7-17)12-21-20-13-19(25)8-9-22(20)26-24(21)27/h3-13H,14H2,1-2H3,(H,26,27). The Hall–Kier alpha value is -2.60. The SMILES string of the molecule is Cc1cc(C=C2C(=O)Nc3ccc(I)cc32)cc(C)c1OCc1ccccc1. The Morgan fingerprint density at radius 2 is 1.71 bits per heavy atom. The fraction of sp³-hybridized carbons (Fsp3) is 0.125. The Labute approximate surface area is 178 Å². The summed E-state index contributed by atoms with van der Waals surface area (Å²) in [5, 5.41) is 2.94. The van der Waals surface area contributed by atoms with Crippen molar-refractivity contribution >= 4 is 45.8 Å². The van der Waals surface area contributed by atoms with Crippen molar-refractivity contribution in [1.82, 2.24) is 0 Å². The molecule has 1 aliphatic rings. The zero-order valence-electron chi connectivity index (χ0n) is 15.8. The summed E-state index contributed by atoms with van der Waals surface area (Å²) in [4.78, 5) is 12.4. The largest absolute Gasteiger partial charge is 0.488 e. The summed E-state index contributed by atoms with van der Waals surface area (Å²) in [6, 6.07) is 20.3. The smallest absolute Gasteiger partial charge is 0.256 e. The summed E-state index contributed by atoms with van der Waals surface area (Å²) in [7, 11) is 0. The monoisotopic (exact) mass is 481 g/mol. The second-order valence-electron chi connectivity index (χ2n) is 6.96. The Balaban J connectivity index is 1.63. The predicted octanol–water partition coefficient (Wildman–Crippen LogP) is 5.98. The first-order chi connectivity index (χ1) is 13.5. The molecular formula is C24H20INO2. The van der Waals surface area contributed by atoms with E-state index in [2.05, 4.69) is 52.2 Å². The van der Waals surface area contributed by atoms with Gasteiger partial charge in [0.15, 0.2) is 0 Å². The molecule has 0 bridgehead atoms. The lowest BCUT2D eigenvalue weighted by Gasteiger charge is -2.13. The van der Waals surface area contributed by atoms with E-state index >= 15 is 0 Å². The highest BCUT2D eigenvalue weighted by Crippen LogP contribution is 2.35. The molecule has 0 radical (unpaired) electrons. The number of fused-ring (bicyclic) bond motifs is 1. The van der Waals surface area contributed by atoms with Crippen molar-refractivity contribution in [3.8, 4) is 5.75 Å². The van der Waals surface area contributed by atoms with Crippen LogP contribution in [0.15, 0.2) is 60.7 Å². The topological polar surface area (TPSA) is 38.3 Å². The van der Waals surface area contributed by atoms with Crippen LogP contribution in [0.1, 0.15) is 27.8 Å². The molecule has 140 valence electrons. The molecule has 1 heterocycles. The number of amides is 1. The van der Waals surface area contributed by atoms with Crippen molar-refractivity contribution in [2.75, 3.05) is 5.32 Å². The zero-order valence-corrected chi connectivity index (χ0v) is 17.9. The minimum Gasteiger partial charge on any atom is -0.488 e. The number of ether oxygens (including phenoxy) is 1. The van der Waals surface area contributed by atoms with E-state index in [0.29, 0.717) is 12.2 Å². The molecule has 0 aromatic heterocycles. The van der Waals surface area contributed by atoms with Gasteiger partial charge in [0.25, 0.3) is 5.91 Å². The minimum atomic E-state index is -0.0586. The van der Waals surface area contributed by atoms with Gasteiger partial charge in [-0.05, 0) is 95.1 Å². The van der Waals surface area contributed by atoms with E-state index in [1.165, 1.54) is 0 Å². The second-order valence-corrected chi connectivity index (χ2v) is 8.21. The van der Waals surface area contributed by atoms with Crippen LogP contribution in [0.4, 0.5) is 5.69 Å². The van der Waals surface area contributed by atoms with Gasteiger partial charge in [0.1, 0.15) is 12.4 Å². The van der Waals surface area contributed by atoms with E-state index in [1.54, 1.807) is 0 Å². The number of aryl methyl sites for hydroxylation is 2. The van der Waals surface area contributed by atoms with Gasteiger partial charge in [0.2, 0.25) is 0 Å². The molecule has 4 heteroatoms. The number of carbonyl (C=O) groups is 1. The van der Waals surface area contributed by atoms with Crippen LogP contribution in [0, 0.1) is 17.4 Å². The van der Waals surface area contributed by atoms with Gasteiger partial charge in [-0.3, -0.25) is 4.79 Å². The van der Waals surface area contributed by atoms with Crippen LogP contribution in [0.5, 0.6) is 5.75 Å². The third kappa shape index (κ3) is 3.83. The number of benzene rings is 3. The molecule has 0 atom stereocenters. The minimum absolute atomic E-state index is 0.0586. The molecule has 3 aromatic carbocycles. The van der Waals surface area contributed by atoms with E-state index in [9.17, 15) is 4.79 Å². The summed E-state index contributed by atoms with van der Waals surface area (Å²) >= 11 is 2.27. The van der Waals surface area contributed by atoms with Crippen LogP contribution in [0.25, 0.3) is 11.6 Å². The molecule has 0 saturated heterocycles. The average Bonchev–Trinajstić information content (AvgIpc) is 2.97. The van der Waals surface area contributed by atoms with Gasteiger partial charge in [0, 0.05) is 20.4 Å². The first-order valence-electron chi connectivity index (χ1n) is 9.12. The van der Waals surface area contributed by atoms with Gasteiger partial charge in [-0.1, -0.05) is 30.3 Å². The van der Waals surface area contributed by atoms with Gasteiger partial charge in [-0.25, -0.2) is 0 Å². The predicted molar refractivity (Wildman–Crippen MR) is 122 cm³/mol. The van der Waals surface area contributed by atoms with Gasteiger partial charge in [-0.15, -0.1) is 0 Å². The Morgan fingerprint density at radius 3 is 2.43 bits per heavy atom. The normalized spacial score (nSPS) is 14.1. The highest BCUT2D eigenvalue weighted by Gasteiger charge is 2.24. The van der Waals surface area contributed by atoms with Crippen LogP contribution in [0.3, 0.4) is 0 Å². The molecule has 3 nitrogen and oxygen atoms in total. The summed E-state index contributed by atoms with van der Waals surface area (Å²) in [5.41, 5.74) is 6.78. The molecular weight excluding hydrogens is 461 g/mol. The van der Waals surface area contributed by atoms with Crippen LogP contribution in [-0.4, -0.2) is 5.91 Å². The fourth-order valence-corrected chi connectivity index (χ4v) is 3.99. The maximum absolute atomic E-state index is 12.4. The highest BCUT2D eigenvalue weighted by atomic mass is 127. The molecule has 3 aromatic rings. The second kappa shape index (κ2) is 7.80. The van der Waals surface area contributed by atoms with Gasteiger partial charge in [-0.2, -0.15) is 0 Å². The van der Waals surface area contributed by atoms with Crippen molar-refractivity contribution in [2.24, 2.45) is 0 Å². The lowest BCUT2D eigenvalue weighted by molar-refractivity contribution is -0.110. The summed E-state index contributed by atoms with van der Waals surface area (Å²) in [6.45, 7) is 4.62. The van der Waals surface area contributed by atoms with E-state index < -0.39 is 0 Å². The number of carbonyl (C=O) groups excluding carboxylic acids is 1. The van der Waals surface area contributed by atoms with Gasteiger partial charge < -0.3 is 10.1 Å². The molecule has 0 unspecified atom stereocenters. The molecule has 1 N–H and O–H groups in total. The molecule has 0 spiro atoms. The molecule has 1 aliphatic heterocycles. The first kappa shape index (κ1) is 18.7. The van der Waals surface area contributed by atoms with Crippen LogP contribution >= 0.6 is 22.6 Å². The zero-order chi connectivity index (χ0) is 19.7. The summed E-state index contributed by atoms with van der Waals surface area (Å²) in [5.74, 6) is 0.841. The molecule has 0 fully saturated rings. The molecule has 0 aliphatic carbocycles. The Morgan fingerprint density at radius 1 is 1.00 bits per heavy atom. The summed E-state index contributed by atoms with van der Waals surface area (Å²) < 4.78 is 7.18. The number of hydrogen-bond acceptors (Lipinski definition) is 2. The number of hydrogen-bond donors (Lipinski definition) is 1. The molecule has 28 heavy (non-hydrogen) atoms. The third-order valence-corrected chi connectivity index (χ3v) is 5.46. The van der Waals surface area contributed by atoms with Crippen molar-refractivity contribution < 1.29 is 9.53 Å². The fourth-order valence-electron chi connectivity index (χ4n) is 3.49. The first-order valence-corrected chi connectivity index (χ1v) is 10.2. The maximum Gasteiger partial charge on any atom is 0.256 e. The van der Waals surface area contributed by atoms with Crippen molar-refractivity contribution in [3.63, 3.8) is 0 Å². The summed E-state index contributed by atoms with van der Waals surface area (Å²) in [6.07, 6.45) is 1.96. The number of rotatable bonds is 4. The molecule has 1 amide bonds. The van der Waals surface area contributed by atoms with Crippen molar-refractivity contribution in [3.05, 3.63) is 92.1 Å². The Kier molecular flexibility index (Phi) is 5.22. The van der Waals surface area contributed by atoms with Crippen LogP contribution < -0.4 is 10.1 Å². The van der Waals surface area contributed by atoms with E-state index in [0.717, 1.165) is 42.8 Å². The van der Waals surface area contributed by atoms with Crippen molar-refractivity contribution in [2.45, 2.75) is 20.5 Å². The number of nitrogens with one attached hydrogen (secondary N) is 1. The van der Waals surface area contributed by atoms with Gasteiger partial charge in [0.05, 0.1) is 0 Å². The average molecular weight is 481 g/mol. The Bertz CT molecular complexity index is 1060. The van der Waals surface area contributed by atoms with E-state index in [1.807, 2.05) is 56.3 Å². The van der Waals surface area contributed by atoms with E-state index in [4.69, 9.17) is 4.74 Å². The van der Waals surface area contributed by atoms with Crippen molar-refractivity contribution in [1.29, 1.82) is 0 Å². The highest BCUT2D eigenvalue weighted by molar-refractivity contribution is 14.1. The lowest BCUT2D eigenvalue weighted by atomic mass is 10.0. The molecule has 0 saturated carbocycles. The number of anilines is 1. The third-order valence-electron chi connectivity index (χ3n) is 4.78. The van der Waals surface area contributed by atoms with Crippen LogP contribution in [-0.2, 0) is 11.4 Å². The molecule has 4 rings (SSSR count). The lowest BCUT2D eigenvalue weighted by Crippen LogP contribution is -2.03. The quantitative estimate of drug-likeness (QED) is 0.368.